The average molecular weight is 450 g/mol. The highest BCUT2D eigenvalue weighted by molar-refractivity contribution is 6.32. The van der Waals surface area contributed by atoms with E-state index >= 15 is 0 Å². The van der Waals surface area contributed by atoms with Crippen LogP contribution < -0.4 is 10.2 Å². The lowest BCUT2D eigenvalue weighted by Crippen LogP contribution is -2.18. The number of hydrogen-bond acceptors (Lipinski definition) is 6. The lowest BCUT2D eigenvalue weighted by molar-refractivity contribution is -0.384. The van der Waals surface area contributed by atoms with E-state index in [0.29, 0.717) is 28.4 Å². The van der Waals surface area contributed by atoms with Crippen LogP contribution >= 0.6 is 11.6 Å². The van der Waals surface area contributed by atoms with Crippen molar-refractivity contribution in [3.8, 4) is 17.1 Å². The van der Waals surface area contributed by atoms with E-state index in [2.05, 4.69) is 10.5 Å². The molecule has 0 aliphatic heterocycles. The summed E-state index contributed by atoms with van der Waals surface area (Å²) in [6, 6.07) is 18.8. The number of amides is 1. The lowest BCUT2D eigenvalue weighted by atomic mass is 10.1. The van der Waals surface area contributed by atoms with Crippen LogP contribution in [0.25, 0.3) is 22.1 Å². The molecule has 0 saturated carbocycles. The Morgan fingerprint density at radius 2 is 1.88 bits per heavy atom. The summed E-state index contributed by atoms with van der Waals surface area (Å²) < 4.78 is 11.0. The second kappa shape index (κ2) is 8.91. The molecule has 0 aliphatic rings. The van der Waals surface area contributed by atoms with E-state index in [1.165, 1.54) is 25.5 Å². The van der Waals surface area contributed by atoms with Gasteiger partial charge >= 0.3 is 0 Å². The van der Waals surface area contributed by atoms with Crippen LogP contribution in [0.4, 0.5) is 5.69 Å². The lowest BCUT2D eigenvalue weighted by Gasteiger charge is -2.09. The highest BCUT2D eigenvalue weighted by atomic mass is 35.5. The van der Waals surface area contributed by atoms with E-state index in [9.17, 15) is 14.9 Å². The minimum atomic E-state index is -0.562. The number of hydrogen-bond donors (Lipinski definition) is 1. The number of nitro benzene ring substituents is 1. The molecule has 0 radical (unpaired) electrons. The molecule has 1 N–H and O–H groups in total. The maximum atomic E-state index is 12.6. The van der Waals surface area contributed by atoms with Crippen molar-refractivity contribution >= 4 is 40.2 Å². The molecule has 1 aromatic heterocycles. The molecule has 0 fully saturated rings. The topological polar surface area (TPSA) is 107 Å². The van der Waals surface area contributed by atoms with Crippen molar-refractivity contribution < 1.29 is 18.9 Å². The molecule has 1 heterocycles. The molecule has 0 saturated heterocycles. The maximum Gasteiger partial charge on any atom is 0.288 e. The van der Waals surface area contributed by atoms with Crippen LogP contribution in [0, 0.1) is 10.1 Å². The fourth-order valence-corrected chi connectivity index (χ4v) is 3.35. The number of nitrogens with zero attached hydrogens (tertiary/aromatic N) is 2. The highest BCUT2D eigenvalue weighted by Crippen LogP contribution is 2.31. The average Bonchev–Trinajstić information content (AvgIpc) is 3.27. The standard InChI is InChI=1S/C23H16ClN3O5/c1-31-22-12-15-5-3-2-4-14(15)10-18(22)23(28)26-25-13-17-7-9-21(32-17)16-6-8-19(24)20(11-16)27(29)30/h2-13H,1H3,(H,26,28). The Bertz CT molecular complexity index is 1360. The third-order valence-electron chi connectivity index (χ3n) is 4.72. The van der Waals surface area contributed by atoms with Gasteiger partial charge < -0.3 is 9.15 Å². The Morgan fingerprint density at radius 1 is 1.12 bits per heavy atom. The maximum absolute atomic E-state index is 12.6. The molecule has 4 aromatic rings. The van der Waals surface area contributed by atoms with Gasteiger partial charge in [-0.15, -0.1) is 0 Å². The SMILES string of the molecule is COc1cc2ccccc2cc1C(=O)NN=Cc1ccc(-c2ccc(Cl)c([N+](=O)[O-])c2)o1. The summed E-state index contributed by atoms with van der Waals surface area (Å²) in [5.74, 6) is 0.738. The number of ether oxygens (including phenoxy) is 1. The molecule has 160 valence electrons. The first-order valence-corrected chi connectivity index (χ1v) is 9.78. The molecule has 1 amide bonds. The Balaban J connectivity index is 1.50. The van der Waals surface area contributed by atoms with Crippen molar-refractivity contribution in [3.05, 3.63) is 93.2 Å². The number of halogens is 1. The summed E-state index contributed by atoms with van der Waals surface area (Å²) in [5.41, 5.74) is 3.07. The Kier molecular flexibility index (Phi) is 5.87. The molecule has 0 atom stereocenters. The summed E-state index contributed by atoms with van der Waals surface area (Å²) >= 11 is 5.84. The number of fused-ring (bicyclic) bond motifs is 1. The largest absolute Gasteiger partial charge is 0.496 e. The van der Waals surface area contributed by atoms with E-state index in [-0.39, 0.29) is 10.7 Å². The predicted octanol–water partition coefficient (Wildman–Crippen LogP) is 5.43. The van der Waals surface area contributed by atoms with Crippen molar-refractivity contribution in [2.24, 2.45) is 5.10 Å². The molecule has 0 spiro atoms. The molecular weight excluding hydrogens is 434 g/mol. The number of furan rings is 1. The zero-order valence-electron chi connectivity index (χ0n) is 16.7. The highest BCUT2D eigenvalue weighted by Gasteiger charge is 2.16. The number of nitro groups is 1. The first-order valence-electron chi connectivity index (χ1n) is 9.40. The molecule has 4 rings (SSSR count). The first-order chi connectivity index (χ1) is 15.5. The molecule has 0 aliphatic carbocycles. The number of rotatable bonds is 6. The van der Waals surface area contributed by atoms with Crippen LogP contribution in [0.3, 0.4) is 0 Å². The fraction of sp³-hybridized carbons (Fsp3) is 0.0435. The van der Waals surface area contributed by atoms with Crippen molar-refractivity contribution in [3.63, 3.8) is 0 Å². The van der Waals surface area contributed by atoms with Crippen LogP contribution in [-0.4, -0.2) is 24.2 Å². The number of benzene rings is 3. The van der Waals surface area contributed by atoms with E-state index < -0.39 is 10.8 Å². The third-order valence-corrected chi connectivity index (χ3v) is 5.04. The van der Waals surface area contributed by atoms with Crippen LogP contribution in [0.2, 0.25) is 5.02 Å². The van der Waals surface area contributed by atoms with Gasteiger partial charge in [0.15, 0.2) is 0 Å². The summed E-state index contributed by atoms with van der Waals surface area (Å²) in [6.07, 6.45) is 1.33. The van der Waals surface area contributed by atoms with E-state index in [0.717, 1.165) is 10.8 Å². The van der Waals surface area contributed by atoms with E-state index in [4.69, 9.17) is 20.8 Å². The van der Waals surface area contributed by atoms with Crippen LogP contribution in [0.1, 0.15) is 16.1 Å². The monoisotopic (exact) mass is 449 g/mol. The van der Waals surface area contributed by atoms with Gasteiger partial charge in [0.05, 0.1) is 23.8 Å². The van der Waals surface area contributed by atoms with Gasteiger partial charge in [0.2, 0.25) is 0 Å². The zero-order chi connectivity index (χ0) is 22.7. The van der Waals surface area contributed by atoms with Gasteiger partial charge in [-0.1, -0.05) is 35.9 Å². The molecule has 3 aromatic carbocycles. The van der Waals surface area contributed by atoms with Gasteiger partial charge in [0, 0.05) is 11.6 Å². The number of nitrogens with one attached hydrogen (secondary N) is 1. The van der Waals surface area contributed by atoms with Gasteiger partial charge in [-0.25, -0.2) is 5.43 Å². The molecule has 0 unspecified atom stereocenters. The minimum Gasteiger partial charge on any atom is -0.496 e. The zero-order valence-corrected chi connectivity index (χ0v) is 17.5. The predicted molar refractivity (Wildman–Crippen MR) is 121 cm³/mol. The van der Waals surface area contributed by atoms with Crippen molar-refractivity contribution in [1.82, 2.24) is 5.43 Å². The summed E-state index contributed by atoms with van der Waals surface area (Å²) in [6.45, 7) is 0. The second-order valence-corrected chi connectivity index (χ2v) is 7.13. The third kappa shape index (κ3) is 4.30. The van der Waals surface area contributed by atoms with Gasteiger partial charge in [0.25, 0.3) is 11.6 Å². The second-order valence-electron chi connectivity index (χ2n) is 6.72. The van der Waals surface area contributed by atoms with Gasteiger partial charge in [-0.05, 0) is 47.2 Å². The fourth-order valence-electron chi connectivity index (χ4n) is 3.16. The normalized spacial score (nSPS) is 11.1. The van der Waals surface area contributed by atoms with Crippen molar-refractivity contribution in [2.45, 2.75) is 0 Å². The molecular formula is C23H16ClN3O5. The Labute approximate surface area is 187 Å². The van der Waals surface area contributed by atoms with Gasteiger partial charge in [-0.2, -0.15) is 5.10 Å². The quantitative estimate of drug-likeness (QED) is 0.240. The number of carbonyl (C=O) groups excluding carboxylic acids is 1. The van der Waals surface area contributed by atoms with Gasteiger partial charge in [-0.3, -0.25) is 14.9 Å². The Morgan fingerprint density at radius 3 is 2.59 bits per heavy atom. The molecule has 9 heteroatoms. The Hall–Kier alpha value is -4.17. The van der Waals surface area contributed by atoms with Crippen molar-refractivity contribution in [1.29, 1.82) is 0 Å². The minimum absolute atomic E-state index is 0.0407. The summed E-state index contributed by atoms with van der Waals surface area (Å²) in [7, 11) is 1.50. The van der Waals surface area contributed by atoms with E-state index in [1.54, 1.807) is 30.3 Å². The molecule has 0 bridgehead atoms. The van der Waals surface area contributed by atoms with E-state index in [1.807, 2.05) is 24.3 Å². The van der Waals surface area contributed by atoms with Crippen LogP contribution in [0.5, 0.6) is 5.75 Å². The van der Waals surface area contributed by atoms with Crippen LogP contribution in [0.15, 0.2) is 76.2 Å². The number of carbonyl (C=O) groups is 1. The van der Waals surface area contributed by atoms with Crippen molar-refractivity contribution in [2.75, 3.05) is 7.11 Å². The number of hydrazone groups is 1. The van der Waals surface area contributed by atoms with Gasteiger partial charge in [0.1, 0.15) is 22.3 Å². The summed E-state index contributed by atoms with van der Waals surface area (Å²) in [5, 5.41) is 16.9. The molecule has 8 nitrogen and oxygen atoms in total. The smallest absolute Gasteiger partial charge is 0.288 e. The molecule has 32 heavy (non-hydrogen) atoms. The first kappa shape index (κ1) is 21.1. The summed E-state index contributed by atoms with van der Waals surface area (Å²) in [4.78, 5) is 23.1. The number of methoxy groups -OCH3 is 1. The van der Waals surface area contributed by atoms with Crippen LogP contribution in [-0.2, 0) is 0 Å².